The number of nitrogens with zero attached hydrogens (tertiary/aromatic N) is 1. The average Bonchev–Trinajstić information content (AvgIpc) is 2.81. The highest BCUT2D eigenvalue weighted by molar-refractivity contribution is 7.89. The lowest BCUT2D eigenvalue weighted by Gasteiger charge is -2.18. The fourth-order valence-corrected chi connectivity index (χ4v) is 4.40. The number of sulfonamides is 1. The van der Waals surface area contributed by atoms with E-state index in [9.17, 15) is 31.2 Å². The molecule has 0 unspecified atom stereocenters. The highest BCUT2D eigenvalue weighted by Crippen LogP contribution is 2.22. The number of alkyl halides is 3. The molecular weight excluding hydrogens is 545 g/mol. The quantitative estimate of drug-likeness (QED) is 0.0865. The largest absolute Gasteiger partial charge is 0.493 e. The van der Waals surface area contributed by atoms with Crippen LogP contribution in [0, 0.1) is 0 Å². The van der Waals surface area contributed by atoms with Crippen LogP contribution in [0.25, 0.3) is 0 Å². The van der Waals surface area contributed by atoms with Crippen molar-refractivity contribution in [1.82, 2.24) is 4.72 Å². The Balaban J connectivity index is 2.13. The summed E-state index contributed by atoms with van der Waals surface area (Å²) in [6, 6.07) is 9.16. The zero-order valence-corrected chi connectivity index (χ0v) is 20.5. The van der Waals surface area contributed by atoms with Gasteiger partial charge in [0, 0.05) is 6.42 Å². The smallest absolute Gasteiger partial charge is 0.491 e. The molecule has 37 heavy (non-hydrogen) atoms. The summed E-state index contributed by atoms with van der Waals surface area (Å²) in [5.41, 5.74) is 10.5. The average molecular weight is 567 g/mol. The minimum absolute atomic E-state index is 0.183. The molecule has 2 rings (SSSR count). The van der Waals surface area contributed by atoms with Gasteiger partial charge in [-0.3, -0.25) is 0 Å². The number of halogens is 4. The van der Waals surface area contributed by atoms with Gasteiger partial charge in [-0.15, -0.1) is 0 Å². The van der Waals surface area contributed by atoms with E-state index in [0.717, 1.165) is 6.07 Å². The second-order valence-electron chi connectivity index (χ2n) is 7.21. The molecule has 0 heterocycles. The van der Waals surface area contributed by atoms with Crippen molar-refractivity contribution in [2.45, 2.75) is 30.0 Å². The molecule has 11 nitrogen and oxygen atoms in total. The van der Waals surface area contributed by atoms with Crippen molar-refractivity contribution >= 4 is 39.5 Å². The molecule has 0 spiro atoms. The van der Waals surface area contributed by atoms with E-state index in [-0.39, 0.29) is 24.2 Å². The number of carbonyl (C=O) groups excluding carboxylic acids is 2. The number of esters is 2. The molecule has 5 N–H and O–H groups in total. The van der Waals surface area contributed by atoms with Crippen molar-refractivity contribution in [1.29, 1.82) is 0 Å². The Bertz CT molecular complexity index is 1220. The maximum atomic E-state index is 12.8. The Hall–Kier alpha value is -3.56. The zero-order chi connectivity index (χ0) is 27.6. The van der Waals surface area contributed by atoms with Crippen molar-refractivity contribution in [2.24, 2.45) is 16.6 Å². The predicted octanol–water partition coefficient (Wildman–Crippen LogP) is 1.84. The van der Waals surface area contributed by atoms with Gasteiger partial charge in [0.25, 0.3) is 0 Å². The number of rotatable bonds is 12. The Morgan fingerprint density at radius 1 is 1.05 bits per heavy atom. The molecule has 0 amide bonds. The van der Waals surface area contributed by atoms with E-state index < -0.39 is 45.5 Å². The Kier molecular flexibility index (Phi) is 10.5. The van der Waals surface area contributed by atoms with Gasteiger partial charge in [0.15, 0.2) is 0 Å². The van der Waals surface area contributed by atoms with Crippen LogP contribution in [-0.4, -0.2) is 51.7 Å². The minimum Gasteiger partial charge on any atom is -0.493 e. The maximum Gasteiger partial charge on any atom is 0.491 e. The molecule has 1 atom stereocenters. The molecular formula is C21H22ClF3N4O7S. The summed E-state index contributed by atoms with van der Waals surface area (Å²) in [5.74, 6) is -4.37. The molecule has 0 radical (unpaired) electrons. The number of guanidine groups is 1. The highest BCUT2D eigenvalue weighted by atomic mass is 35.5. The molecule has 0 aromatic heterocycles. The minimum atomic E-state index is -5.46. The van der Waals surface area contributed by atoms with Crippen LogP contribution in [0.2, 0.25) is 5.02 Å². The first-order valence-corrected chi connectivity index (χ1v) is 12.2. The van der Waals surface area contributed by atoms with Gasteiger partial charge >= 0.3 is 18.1 Å². The number of nitrogens with two attached hydrogens (primary N) is 2. The lowest BCUT2D eigenvalue weighted by molar-refractivity contribution is -0.202. The van der Waals surface area contributed by atoms with Gasteiger partial charge in [0.2, 0.25) is 16.0 Å². The molecule has 0 bridgehead atoms. The SMILES string of the molecule is NC(N)=NOCCCOc1ccc(C[C@H](NS(=O)(=O)c2ccccc2Cl)C(=O)OC(=O)C(F)(F)F)cc1. The number of nitrogens with one attached hydrogen (secondary N) is 1. The van der Waals surface area contributed by atoms with Crippen molar-refractivity contribution in [3.05, 3.63) is 59.1 Å². The summed E-state index contributed by atoms with van der Waals surface area (Å²) in [7, 11) is -4.50. The van der Waals surface area contributed by atoms with Crippen LogP contribution in [-0.2, 0) is 35.6 Å². The van der Waals surface area contributed by atoms with Crippen LogP contribution in [0.5, 0.6) is 5.75 Å². The summed E-state index contributed by atoms with van der Waals surface area (Å²) in [4.78, 5) is 27.9. The molecule has 0 fully saturated rings. The van der Waals surface area contributed by atoms with E-state index in [1.165, 1.54) is 42.5 Å². The molecule has 0 saturated carbocycles. The van der Waals surface area contributed by atoms with Crippen LogP contribution in [0.4, 0.5) is 13.2 Å². The molecule has 0 saturated heterocycles. The topological polar surface area (TPSA) is 172 Å². The van der Waals surface area contributed by atoms with E-state index in [1.807, 2.05) is 4.72 Å². The maximum absolute atomic E-state index is 12.8. The first-order valence-electron chi connectivity index (χ1n) is 10.3. The number of hydrogen-bond acceptors (Lipinski definition) is 8. The van der Waals surface area contributed by atoms with E-state index in [4.69, 9.17) is 32.6 Å². The van der Waals surface area contributed by atoms with Crippen LogP contribution in [0.1, 0.15) is 12.0 Å². The second-order valence-corrected chi connectivity index (χ2v) is 9.30. The van der Waals surface area contributed by atoms with Crippen molar-refractivity contribution in [3.8, 4) is 5.75 Å². The highest BCUT2D eigenvalue weighted by Gasteiger charge is 2.44. The molecule has 0 aliphatic heterocycles. The monoisotopic (exact) mass is 566 g/mol. The standard InChI is InChI=1S/C21H22ClF3N4O7S/c22-15-4-1-2-5-17(15)37(32,33)29-16(18(30)36-19(31)21(23,24)25)12-13-6-8-14(9-7-13)34-10-3-11-35-28-20(26)27/h1-2,4-9,16,29H,3,10-12H2,(H4,26,27,28)/t16-/m0/s1. The molecule has 202 valence electrons. The Labute approximate surface area is 214 Å². The Morgan fingerprint density at radius 3 is 2.30 bits per heavy atom. The third-order valence-corrected chi connectivity index (χ3v) is 6.29. The molecule has 2 aromatic carbocycles. The second kappa shape index (κ2) is 13.1. The normalized spacial score (nSPS) is 12.3. The molecule has 0 aliphatic rings. The van der Waals surface area contributed by atoms with E-state index >= 15 is 0 Å². The Morgan fingerprint density at radius 2 is 1.70 bits per heavy atom. The van der Waals surface area contributed by atoms with Crippen LogP contribution in [0.3, 0.4) is 0 Å². The van der Waals surface area contributed by atoms with Crippen molar-refractivity contribution in [2.75, 3.05) is 13.2 Å². The summed E-state index contributed by atoms with van der Waals surface area (Å²) < 4.78 is 74.6. The summed E-state index contributed by atoms with van der Waals surface area (Å²) in [6.45, 7) is 0.410. The fraction of sp³-hybridized carbons (Fsp3) is 0.286. The molecule has 2 aromatic rings. The third-order valence-electron chi connectivity index (χ3n) is 4.31. The summed E-state index contributed by atoms with van der Waals surface area (Å²) in [6.07, 6.45) is -5.49. The van der Waals surface area contributed by atoms with Gasteiger partial charge in [-0.2, -0.15) is 17.9 Å². The van der Waals surface area contributed by atoms with Gasteiger partial charge in [-0.05, 0) is 41.4 Å². The van der Waals surface area contributed by atoms with Crippen molar-refractivity contribution in [3.63, 3.8) is 0 Å². The van der Waals surface area contributed by atoms with E-state index in [0.29, 0.717) is 17.7 Å². The summed E-state index contributed by atoms with van der Waals surface area (Å²) >= 11 is 5.90. The number of oxime groups is 1. The van der Waals surface area contributed by atoms with Crippen molar-refractivity contribution < 1.29 is 45.5 Å². The zero-order valence-electron chi connectivity index (χ0n) is 18.9. The number of benzene rings is 2. The van der Waals surface area contributed by atoms with Gasteiger partial charge in [-0.1, -0.05) is 35.9 Å². The fourth-order valence-electron chi connectivity index (χ4n) is 2.70. The van der Waals surface area contributed by atoms with Crippen LogP contribution >= 0.6 is 11.6 Å². The first-order chi connectivity index (χ1) is 17.3. The number of carbonyl (C=O) groups is 2. The molecule has 16 heteroatoms. The number of hydrogen-bond donors (Lipinski definition) is 3. The van der Waals surface area contributed by atoms with Gasteiger partial charge in [0.05, 0.1) is 11.6 Å². The van der Waals surface area contributed by atoms with Gasteiger partial charge < -0.3 is 25.8 Å². The first kappa shape index (κ1) is 29.7. The van der Waals surface area contributed by atoms with E-state index in [1.54, 1.807) is 0 Å². The predicted molar refractivity (Wildman–Crippen MR) is 125 cm³/mol. The lowest BCUT2D eigenvalue weighted by Crippen LogP contribution is -2.45. The van der Waals surface area contributed by atoms with Gasteiger partial charge in [0.1, 0.15) is 23.3 Å². The number of ether oxygens (including phenoxy) is 2. The third kappa shape index (κ3) is 9.78. The van der Waals surface area contributed by atoms with Crippen LogP contribution < -0.4 is 20.9 Å². The van der Waals surface area contributed by atoms with Gasteiger partial charge in [-0.25, -0.2) is 18.0 Å². The van der Waals surface area contributed by atoms with E-state index in [2.05, 4.69) is 9.89 Å². The lowest BCUT2D eigenvalue weighted by atomic mass is 10.1. The van der Waals surface area contributed by atoms with Crippen LogP contribution in [0.15, 0.2) is 58.6 Å². The summed E-state index contributed by atoms with van der Waals surface area (Å²) in [5, 5.41) is 3.15. The molecule has 0 aliphatic carbocycles.